The quantitative estimate of drug-likeness (QED) is 0.279. The molecule has 160 valence electrons. The maximum atomic E-state index is 13.1. The largest absolute Gasteiger partial charge is 0.507 e. The lowest BCUT2D eigenvalue weighted by atomic mass is 9.99. The molecule has 0 aliphatic carbocycles. The number of amides is 1. The predicted octanol–water partition coefficient (Wildman–Crippen LogP) is 4.39. The summed E-state index contributed by atoms with van der Waals surface area (Å²) in [6, 6.07) is 17.2. The van der Waals surface area contributed by atoms with E-state index in [1.165, 1.54) is 11.2 Å². The van der Waals surface area contributed by atoms with Gasteiger partial charge in [0, 0.05) is 28.2 Å². The van der Waals surface area contributed by atoms with Gasteiger partial charge in [0.1, 0.15) is 23.3 Å². The van der Waals surface area contributed by atoms with E-state index in [2.05, 4.69) is 4.98 Å². The number of fused-ring (bicyclic) bond motifs is 1. The molecule has 1 atom stereocenters. The van der Waals surface area contributed by atoms with Gasteiger partial charge < -0.3 is 24.1 Å². The molecule has 2 aromatic carbocycles. The van der Waals surface area contributed by atoms with Crippen LogP contribution in [0.15, 0.2) is 83.1 Å². The topological polar surface area (TPSA) is 95.8 Å². The van der Waals surface area contributed by atoms with E-state index >= 15 is 0 Å². The smallest absolute Gasteiger partial charge is 0.296 e. The van der Waals surface area contributed by atoms with Crippen LogP contribution in [0.1, 0.15) is 22.9 Å². The van der Waals surface area contributed by atoms with E-state index < -0.39 is 17.7 Å². The Morgan fingerprint density at radius 1 is 1.09 bits per heavy atom. The molecule has 1 saturated heterocycles. The summed E-state index contributed by atoms with van der Waals surface area (Å²) in [6.45, 7) is 0.116. The summed E-state index contributed by atoms with van der Waals surface area (Å²) in [5.74, 6) is -0.725. The highest BCUT2D eigenvalue weighted by Crippen LogP contribution is 2.42. The third-order valence-corrected chi connectivity index (χ3v) is 5.73. The van der Waals surface area contributed by atoms with Gasteiger partial charge in [-0.2, -0.15) is 0 Å². The molecule has 7 heteroatoms. The van der Waals surface area contributed by atoms with Crippen molar-refractivity contribution < 1.29 is 23.8 Å². The highest BCUT2D eigenvalue weighted by molar-refractivity contribution is 6.46. The summed E-state index contributed by atoms with van der Waals surface area (Å²) in [5, 5.41) is 12.0. The minimum Gasteiger partial charge on any atom is -0.507 e. The molecule has 2 aromatic heterocycles. The van der Waals surface area contributed by atoms with Crippen LogP contribution in [0.3, 0.4) is 0 Å². The Morgan fingerprint density at radius 3 is 2.66 bits per heavy atom. The van der Waals surface area contributed by atoms with Crippen molar-refractivity contribution in [3.63, 3.8) is 0 Å². The number of furan rings is 1. The summed E-state index contributed by atoms with van der Waals surface area (Å²) in [7, 11) is 1.55. The van der Waals surface area contributed by atoms with Gasteiger partial charge in [-0.15, -0.1) is 0 Å². The number of aliphatic hydroxyl groups excluding tert-OH is 1. The van der Waals surface area contributed by atoms with E-state index in [1.807, 2.05) is 42.5 Å². The Hall–Kier alpha value is -4.26. The first kappa shape index (κ1) is 19.7. The second-order valence-electron chi connectivity index (χ2n) is 7.50. The lowest BCUT2D eigenvalue weighted by molar-refractivity contribution is -0.140. The van der Waals surface area contributed by atoms with E-state index in [9.17, 15) is 14.7 Å². The number of para-hydroxylation sites is 2. The number of Topliss-reactive ketones (excluding diaryl/α,β-unsaturated/α-hetero) is 1. The molecule has 1 fully saturated rings. The summed E-state index contributed by atoms with van der Waals surface area (Å²) in [4.78, 5) is 30.7. The maximum Gasteiger partial charge on any atom is 0.296 e. The van der Waals surface area contributed by atoms with Crippen LogP contribution in [0, 0.1) is 0 Å². The molecule has 0 bridgehead atoms. The van der Waals surface area contributed by atoms with Gasteiger partial charge in [-0.3, -0.25) is 9.59 Å². The lowest BCUT2D eigenvalue weighted by Gasteiger charge is -2.24. The number of aromatic amines is 1. The Balaban J connectivity index is 1.66. The third kappa shape index (κ3) is 3.06. The zero-order valence-corrected chi connectivity index (χ0v) is 17.2. The fourth-order valence-corrected chi connectivity index (χ4v) is 4.22. The van der Waals surface area contributed by atoms with E-state index in [-0.39, 0.29) is 17.9 Å². The van der Waals surface area contributed by atoms with Gasteiger partial charge in [0.25, 0.3) is 11.7 Å². The second-order valence-corrected chi connectivity index (χ2v) is 7.50. The first-order valence-corrected chi connectivity index (χ1v) is 10.1. The van der Waals surface area contributed by atoms with Crippen molar-refractivity contribution >= 4 is 28.4 Å². The number of carbonyl (C=O) groups excluding carboxylic acids is 2. The van der Waals surface area contributed by atoms with Crippen LogP contribution < -0.4 is 4.74 Å². The zero-order valence-electron chi connectivity index (χ0n) is 17.2. The van der Waals surface area contributed by atoms with Gasteiger partial charge in [-0.1, -0.05) is 36.4 Å². The minimum atomic E-state index is -0.872. The Labute approximate surface area is 183 Å². The van der Waals surface area contributed by atoms with Crippen molar-refractivity contribution in [2.24, 2.45) is 0 Å². The van der Waals surface area contributed by atoms with Crippen molar-refractivity contribution in [1.29, 1.82) is 0 Å². The number of methoxy groups -OCH3 is 1. The summed E-state index contributed by atoms with van der Waals surface area (Å²) in [6.07, 6.45) is 3.11. The molecule has 1 aliphatic heterocycles. The molecule has 32 heavy (non-hydrogen) atoms. The Bertz CT molecular complexity index is 1350. The third-order valence-electron chi connectivity index (χ3n) is 5.73. The summed E-state index contributed by atoms with van der Waals surface area (Å²) >= 11 is 0. The number of ketones is 1. The van der Waals surface area contributed by atoms with Gasteiger partial charge in [0.2, 0.25) is 0 Å². The van der Waals surface area contributed by atoms with Gasteiger partial charge >= 0.3 is 0 Å². The van der Waals surface area contributed by atoms with E-state index in [0.29, 0.717) is 17.1 Å². The van der Waals surface area contributed by atoms with Crippen molar-refractivity contribution in [2.45, 2.75) is 12.6 Å². The molecule has 1 unspecified atom stereocenters. The van der Waals surface area contributed by atoms with Crippen LogP contribution >= 0.6 is 0 Å². The zero-order chi connectivity index (χ0) is 22.2. The SMILES string of the molecule is COc1ccccc1CN1C(=O)C(=O)/C(=C(\O)c2c[nH]c3ccccc23)C1c1ccco1. The molecule has 2 N–H and O–H groups in total. The van der Waals surface area contributed by atoms with Gasteiger partial charge in [-0.05, 0) is 24.3 Å². The number of aliphatic hydroxyl groups is 1. The molecule has 0 spiro atoms. The number of nitrogens with zero attached hydrogens (tertiary/aromatic N) is 1. The van der Waals surface area contributed by atoms with Crippen LogP contribution in [0.5, 0.6) is 5.75 Å². The Kier molecular flexibility index (Phi) is 4.78. The maximum absolute atomic E-state index is 13.1. The summed E-state index contributed by atoms with van der Waals surface area (Å²) in [5.41, 5.74) is 1.99. The van der Waals surface area contributed by atoms with Gasteiger partial charge in [0.15, 0.2) is 0 Å². The number of nitrogens with one attached hydrogen (secondary N) is 1. The number of carbonyl (C=O) groups is 2. The van der Waals surface area contributed by atoms with E-state index in [4.69, 9.17) is 9.15 Å². The highest BCUT2D eigenvalue weighted by atomic mass is 16.5. The van der Waals surface area contributed by atoms with Crippen molar-refractivity contribution in [3.05, 3.63) is 95.6 Å². The van der Waals surface area contributed by atoms with E-state index in [1.54, 1.807) is 31.5 Å². The number of hydrogen-bond donors (Lipinski definition) is 2. The van der Waals surface area contributed by atoms with Gasteiger partial charge in [0.05, 0.1) is 25.5 Å². The fourth-order valence-electron chi connectivity index (χ4n) is 4.22. The van der Waals surface area contributed by atoms with Crippen molar-refractivity contribution in [2.75, 3.05) is 7.11 Å². The van der Waals surface area contributed by atoms with Crippen LogP contribution in [0.4, 0.5) is 0 Å². The predicted molar refractivity (Wildman–Crippen MR) is 118 cm³/mol. The molecule has 1 aliphatic rings. The molecule has 0 saturated carbocycles. The van der Waals surface area contributed by atoms with Crippen molar-refractivity contribution in [1.82, 2.24) is 9.88 Å². The average Bonchev–Trinajstić information content (AvgIpc) is 3.54. The first-order valence-electron chi connectivity index (χ1n) is 10.1. The highest BCUT2D eigenvalue weighted by Gasteiger charge is 2.47. The van der Waals surface area contributed by atoms with E-state index in [0.717, 1.165) is 16.5 Å². The number of benzene rings is 2. The second kappa shape index (κ2) is 7.77. The normalized spacial score (nSPS) is 17.9. The minimum absolute atomic E-state index is 0.00963. The fraction of sp³-hybridized carbons (Fsp3) is 0.120. The first-order chi connectivity index (χ1) is 15.6. The van der Waals surface area contributed by atoms with Crippen LogP contribution in [0.25, 0.3) is 16.7 Å². The van der Waals surface area contributed by atoms with Crippen molar-refractivity contribution in [3.8, 4) is 5.75 Å². The van der Waals surface area contributed by atoms with Crippen LogP contribution in [-0.2, 0) is 16.1 Å². The molecule has 7 nitrogen and oxygen atoms in total. The Morgan fingerprint density at radius 2 is 1.88 bits per heavy atom. The lowest BCUT2D eigenvalue weighted by Crippen LogP contribution is -2.29. The number of aromatic nitrogens is 1. The molecular formula is C25H20N2O5. The summed E-state index contributed by atoms with van der Waals surface area (Å²) < 4.78 is 11.0. The van der Waals surface area contributed by atoms with Gasteiger partial charge in [-0.25, -0.2) is 0 Å². The molecule has 5 rings (SSSR count). The number of rotatable bonds is 5. The number of ether oxygens (including phenoxy) is 1. The molecule has 0 radical (unpaired) electrons. The standard InChI is InChI=1S/C25H20N2O5/c1-31-19-10-5-2-7-15(19)14-27-22(20-11-6-12-32-20)21(24(29)25(27)30)23(28)17-13-26-18-9-4-3-8-16(17)18/h2-13,22,26,28H,14H2,1H3/b23-21-. The monoisotopic (exact) mass is 428 g/mol. The number of H-pyrrole nitrogens is 1. The number of hydrogen-bond acceptors (Lipinski definition) is 5. The molecule has 4 aromatic rings. The molecule has 1 amide bonds. The average molecular weight is 428 g/mol. The number of likely N-dealkylation sites (tertiary alicyclic amines) is 1. The molecule has 3 heterocycles. The van der Waals surface area contributed by atoms with Crippen LogP contribution in [0.2, 0.25) is 0 Å². The molecular weight excluding hydrogens is 408 g/mol. The van der Waals surface area contributed by atoms with Crippen LogP contribution in [-0.4, -0.2) is 33.8 Å².